The zero-order valence-electron chi connectivity index (χ0n) is 10.4. The van der Waals surface area contributed by atoms with Gasteiger partial charge in [0.1, 0.15) is 6.04 Å². The summed E-state index contributed by atoms with van der Waals surface area (Å²) in [6.45, 7) is 0. The molecule has 0 aromatic heterocycles. The number of rotatable bonds is 0. The molecule has 1 aromatic rings. The molecule has 0 amide bonds. The quantitative estimate of drug-likeness (QED) is 0.518. The van der Waals surface area contributed by atoms with E-state index < -0.39 is 0 Å². The van der Waals surface area contributed by atoms with Crippen molar-refractivity contribution in [3.8, 4) is 0 Å². The maximum absolute atomic E-state index is 12.1. The highest BCUT2D eigenvalue weighted by atomic mass is 16.5. The molecule has 5 heteroatoms. The molecule has 0 N–H and O–H groups in total. The lowest BCUT2D eigenvalue weighted by atomic mass is 9.81. The van der Waals surface area contributed by atoms with Crippen LogP contribution in [-0.4, -0.2) is 29.0 Å². The number of hydrogen-bond donors (Lipinski definition) is 0. The van der Waals surface area contributed by atoms with Crippen LogP contribution in [0.3, 0.4) is 0 Å². The average Bonchev–Trinajstić information content (AvgIpc) is 2.88. The van der Waals surface area contributed by atoms with Crippen LogP contribution in [0.5, 0.6) is 0 Å². The Balaban J connectivity index is 1.81. The lowest BCUT2D eigenvalue weighted by Gasteiger charge is -2.22. The molecule has 0 saturated heterocycles. The van der Waals surface area contributed by atoms with Gasteiger partial charge in [-0.1, -0.05) is 29.1 Å². The van der Waals surface area contributed by atoms with Crippen LogP contribution in [0.2, 0.25) is 0 Å². The van der Waals surface area contributed by atoms with E-state index in [1.54, 1.807) is 0 Å². The fraction of sp³-hybridized carbons (Fsp3) is 0.571. The topological polar surface area (TPSA) is 63.1 Å². The summed E-state index contributed by atoms with van der Waals surface area (Å²) in [6.07, 6.45) is 1.67. The Kier molecular flexibility index (Phi) is 1.70. The Hall–Kier alpha value is -1.78. The summed E-state index contributed by atoms with van der Waals surface area (Å²) in [5.41, 5.74) is 2.69. The van der Waals surface area contributed by atoms with E-state index in [-0.39, 0.29) is 30.1 Å². The summed E-state index contributed by atoms with van der Waals surface area (Å²) in [7, 11) is 0. The van der Waals surface area contributed by atoms with Gasteiger partial charge < -0.3 is 5.21 Å². The Bertz CT molecular complexity index is 626. The van der Waals surface area contributed by atoms with E-state index in [0.717, 1.165) is 17.7 Å². The molecule has 2 heterocycles. The van der Waals surface area contributed by atoms with Gasteiger partial charge in [-0.2, -0.15) is 10.2 Å². The molecule has 5 rings (SSSR count). The minimum Gasteiger partial charge on any atom is -0.600 e. The predicted octanol–water partition coefficient (Wildman–Crippen LogP) is 2.58. The highest BCUT2D eigenvalue weighted by Gasteiger charge is 2.57. The second-order valence-corrected chi connectivity index (χ2v) is 6.07. The summed E-state index contributed by atoms with van der Waals surface area (Å²) in [4.78, 5) is 0.963. The van der Waals surface area contributed by atoms with Crippen molar-refractivity contribution in [3.63, 3.8) is 0 Å². The molecule has 6 atom stereocenters. The van der Waals surface area contributed by atoms with E-state index in [2.05, 4.69) is 39.6 Å². The minimum absolute atomic E-state index is 0.0425. The molecule has 0 saturated carbocycles. The van der Waals surface area contributed by atoms with Crippen molar-refractivity contribution in [1.29, 1.82) is 0 Å². The first-order chi connectivity index (χ1) is 9.33. The maximum Gasteiger partial charge on any atom is 0.201 e. The SMILES string of the molecule is [O-][N+]1=N[C@H]2C[C@H]3N=N[C@H]4C[C@@H]1[C@@H]2c1ccccc1[C@H]43. The second-order valence-electron chi connectivity index (χ2n) is 6.07. The Morgan fingerprint density at radius 1 is 0.947 bits per heavy atom. The summed E-state index contributed by atoms with van der Waals surface area (Å²) in [6, 6.07) is 8.99. The lowest BCUT2D eigenvalue weighted by molar-refractivity contribution is -0.556. The first kappa shape index (κ1) is 10.1. The predicted molar refractivity (Wildman–Crippen MR) is 67.2 cm³/mol. The smallest absolute Gasteiger partial charge is 0.201 e. The zero-order chi connectivity index (χ0) is 12.6. The minimum atomic E-state index is -0.0425. The summed E-state index contributed by atoms with van der Waals surface area (Å²) in [5.74, 6) is 0.616. The van der Waals surface area contributed by atoms with Crippen LogP contribution in [0.25, 0.3) is 0 Å². The van der Waals surface area contributed by atoms with Crippen LogP contribution < -0.4 is 0 Å². The zero-order valence-corrected chi connectivity index (χ0v) is 10.4. The van der Waals surface area contributed by atoms with Crippen LogP contribution in [0.1, 0.15) is 35.8 Å². The molecule has 96 valence electrons. The van der Waals surface area contributed by atoms with Gasteiger partial charge in [0.2, 0.25) is 6.04 Å². The highest BCUT2D eigenvalue weighted by molar-refractivity contribution is 5.41. The van der Waals surface area contributed by atoms with Gasteiger partial charge in [0, 0.05) is 18.8 Å². The number of azo groups is 2. The van der Waals surface area contributed by atoms with Crippen molar-refractivity contribution in [2.45, 2.75) is 48.8 Å². The third-order valence-electron chi connectivity index (χ3n) is 5.25. The van der Waals surface area contributed by atoms with E-state index in [1.165, 1.54) is 11.1 Å². The molecule has 2 bridgehead atoms. The van der Waals surface area contributed by atoms with Gasteiger partial charge in [-0.15, -0.1) is 0 Å². The van der Waals surface area contributed by atoms with Crippen molar-refractivity contribution >= 4 is 0 Å². The second kappa shape index (κ2) is 3.21. The average molecular weight is 254 g/mol. The molecule has 0 radical (unpaired) electrons. The normalized spacial score (nSPS) is 44.7. The number of nitrogens with zero attached hydrogens (tertiary/aromatic N) is 4. The fourth-order valence-corrected chi connectivity index (χ4v) is 4.53. The van der Waals surface area contributed by atoms with Gasteiger partial charge in [0.15, 0.2) is 0 Å². The molecule has 1 aromatic carbocycles. The van der Waals surface area contributed by atoms with Crippen molar-refractivity contribution in [2.24, 2.45) is 15.3 Å². The molecule has 0 unspecified atom stereocenters. The standard InChI is InChI=1S/C14H14N4O/c19-18-12-6-10-13-7-3-1-2-4-8(7)14(12)11(17-18)5-9(13)15-16-10/h1-4,9-14H,5-6H2/t9-,10+,11+,12-,13+,14-/m1/s1. The van der Waals surface area contributed by atoms with Gasteiger partial charge >= 0.3 is 0 Å². The monoisotopic (exact) mass is 254 g/mol. The highest BCUT2D eigenvalue weighted by Crippen LogP contribution is 2.53. The molecule has 4 aliphatic rings. The first-order valence-corrected chi connectivity index (χ1v) is 6.99. The molecule has 0 spiro atoms. The summed E-state index contributed by atoms with van der Waals surface area (Å²) in [5, 5.41) is 25.4. The summed E-state index contributed by atoms with van der Waals surface area (Å²) < 4.78 is 0. The van der Waals surface area contributed by atoms with Gasteiger partial charge in [0.05, 0.1) is 18.0 Å². The largest absolute Gasteiger partial charge is 0.600 e. The number of hydroxylamine groups is 1. The van der Waals surface area contributed by atoms with E-state index in [1.807, 2.05) is 0 Å². The van der Waals surface area contributed by atoms with Crippen molar-refractivity contribution in [1.82, 2.24) is 0 Å². The van der Waals surface area contributed by atoms with Gasteiger partial charge in [-0.3, -0.25) is 0 Å². The van der Waals surface area contributed by atoms with Gasteiger partial charge in [-0.05, 0) is 16.2 Å². The molecule has 5 nitrogen and oxygen atoms in total. The Morgan fingerprint density at radius 2 is 1.63 bits per heavy atom. The van der Waals surface area contributed by atoms with Gasteiger partial charge in [0.25, 0.3) is 0 Å². The van der Waals surface area contributed by atoms with Crippen LogP contribution in [0, 0.1) is 5.21 Å². The van der Waals surface area contributed by atoms with E-state index >= 15 is 0 Å². The fourth-order valence-electron chi connectivity index (χ4n) is 4.53. The van der Waals surface area contributed by atoms with Crippen LogP contribution in [0.4, 0.5) is 0 Å². The van der Waals surface area contributed by atoms with Crippen molar-refractivity contribution < 1.29 is 4.86 Å². The molecule has 19 heavy (non-hydrogen) atoms. The van der Waals surface area contributed by atoms with Gasteiger partial charge in [-0.25, -0.2) is 0 Å². The third-order valence-corrected chi connectivity index (χ3v) is 5.25. The number of benzene rings is 1. The third kappa shape index (κ3) is 1.12. The Labute approximate surface area is 110 Å². The lowest BCUT2D eigenvalue weighted by Crippen LogP contribution is -2.33. The first-order valence-electron chi connectivity index (χ1n) is 6.99. The van der Waals surface area contributed by atoms with Crippen LogP contribution in [-0.2, 0) is 0 Å². The molecular formula is C14H14N4O. The summed E-state index contributed by atoms with van der Waals surface area (Å²) >= 11 is 0. The van der Waals surface area contributed by atoms with E-state index in [0.29, 0.717) is 5.92 Å². The Morgan fingerprint density at radius 3 is 2.42 bits per heavy atom. The van der Waals surface area contributed by atoms with Crippen LogP contribution >= 0.6 is 0 Å². The maximum atomic E-state index is 12.1. The number of hydrogen-bond acceptors (Lipinski definition) is 4. The van der Waals surface area contributed by atoms with Crippen molar-refractivity contribution in [3.05, 3.63) is 40.6 Å². The van der Waals surface area contributed by atoms with E-state index in [9.17, 15) is 5.21 Å². The molecule has 0 fully saturated rings. The van der Waals surface area contributed by atoms with Crippen molar-refractivity contribution in [2.75, 3.05) is 0 Å². The van der Waals surface area contributed by atoms with E-state index in [4.69, 9.17) is 0 Å². The molecule has 2 aliphatic heterocycles. The molecule has 2 aliphatic carbocycles. The molecular weight excluding hydrogens is 240 g/mol. The van der Waals surface area contributed by atoms with Crippen LogP contribution in [0.15, 0.2) is 39.6 Å².